The Hall–Kier alpha value is -1.97. The molecular formula is C10H8N2O2. The van der Waals surface area contributed by atoms with E-state index in [9.17, 15) is 4.79 Å². The van der Waals surface area contributed by atoms with Crippen LogP contribution in [0.2, 0.25) is 0 Å². The van der Waals surface area contributed by atoms with Gasteiger partial charge in [-0.25, -0.2) is 0 Å². The highest BCUT2D eigenvalue weighted by Gasteiger charge is 2.02. The summed E-state index contributed by atoms with van der Waals surface area (Å²) in [5.41, 5.74) is 1.83. The molecule has 1 aromatic carbocycles. The van der Waals surface area contributed by atoms with Gasteiger partial charge >= 0.3 is 0 Å². The van der Waals surface area contributed by atoms with Crippen molar-refractivity contribution in [2.24, 2.45) is 0 Å². The molecule has 4 heteroatoms. The second-order valence-corrected chi connectivity index (χ2v) is 2.81. The molecule has 0 unspecified atom stereocenters. The Bertz CT molecular complexity index is 406. The number of hydrogen-bond donors (Lipinski definition) is 0. The topological polar surface area (TPSA) is 56.0 Å². The Morgan fingerprint density at radius 2 is 2.07 bits per heavy atom. The molecule has 0 amide bonds. The monoisotopic (exact) mass is 188 g/mol. The molecule has 1 aromatic heterocycles. The molecule has 70 valence electrons. The molecule has 0 radical (unpaired) electrons. The second-order valence-electron chi connectivity index (χ2n) is 2.81. The Labute approximate surface area is 80.6 Å². The predicted molar refractivity (Wildman–Crippen MR) is 49.5 cm³/mol. The maximum absolute atomic E-state index is 10.2. The van der Waals surface area contributed by atoms with Crippen LogP contribution in [0.4, 0.5) is 0 Å². The van der Waals surface area contributed by atoms with Crippen LogP contribution in [0.5, 0.6) is 0 Å². The third-order valence-corrected chi connectivity index (χ3v) is 1.88. The lowest BCUT2D eigenvalue weighted by molar-refractivity contribution is -0.107. The number of hydrogen-bond acceptors (Lipinski definition) is 4. The van der Waals surface area contributed by atoms with Gasteiger partial charge < -0.3 is 9.21 Å². The highest BCUT2D eigenvalue weighted by molar-refractivity contribution is 5.58. The minimum Gasteiger partial charge on any atom is -0.423 e. The van der Waals surface area contributed by atoms with E-state index in [1.165, 1.54) is 6.39 Å². The molecular weight excluding hydrogens is 180 g/mol. The Kier molecular flexibility index (Phi) is 2.36. The van der Waals surface area contributed by atoms with E-state index in [4.69, 9.17) is 4.42 Å². The maximum atomic E-state index is 10.2. The minimum atomic E-state index is 0.435. The predicted octanol–water partition coefficient (Wildman–Crippen LogP) is 1.48. The van der Waals surface area contributed by atoms with E-state index in [-0.39, 0.29) is 0 Å². The molecule has 0 aliphatic rings. The first-order valence-corrected chi connectivity index (χ1v) is 4.19. The minimum absolute atomic E-state index is 0.435. The number of benzene rings is 1. The van der Waals surface area contributed by atoms with Gasteiger partial charge in [0.05, 0.1) is 0 Å². The summed E-state index contributed by atoms with van der Waals surface area (Å²) in [6, 6.07) is 7.44. The van der Waals surface area contributed by atoms with Crippen LogP contribution in [0, 0.1) is 0 Å². The summed E-state index contributed by atoms with van der Waals surface area (Å²) in [5.74, 6) is 0.489. The van der Waals surface area contributed by atoms with Crippen molar-refractivity contribution in [3.63, 3.8) is 0 Å². The molecule has 2 rings (SSSR count). The molecule has 0 saturated carbocycles. The average Bonchev–Trinajstić information content (AvgIpc) is 2.72. The number of carbonyl (C=O) groups excluding carboxylic acids is 1. The number of rotatable bonds is 3. The first kappa shape index (κ1) is 8.62. The number of aldehydes is 1. The van der Waals surface area contributed by atoms with E-state index in [1.54, 1.807) is 0 Å². The summed E-state index contributed by atoms with van der Waals surface area (Å²) in [6.45, 7) is 0. The van der Waals surface area contributed by atoms with Crippen molar-refractivity contribution in [3.05, 3.63) is 36.2 Å². The zero-order valence-electron chi connectivity index (χ0n) is 7.38. The quantitative estimate of drug-likeness (QED) is 0.684. The first-order valence-electron chi connectivity index (χ1n) is 4.19. The summed E-state index contributed by atoms with van der Waals surface area (Å²) in [6.07, 6.45) is 2.60. The van der Waals surface area contributed by atoms with Crippen molar-refractivity contribution < 1.29 is 9.21 Å². The molecule has 0 atom stereocenters. The Morgan fingerprint density at radius 1 is 1.29 bits per heavy atom. The summed E-state index contributed by atoms with van der Waals surface area (Å²) >= 11 is 0. The third-order valence-electron chi connectivity index (χ3n) is 1.88. The van der Waals surface area contributed by atoms with Crippen molar-refractivity contribution in [3.8, 4) is 11.5 Å². The Balaban J connectivity index is 2.26. The summed E-state index contributed by atoms with van der Waals surface area (Å²) in [5, 5.41) is 7.36. The smallest absolute Gasteiger partial charge is 0.247 e. The molecule has 0 spiro atoms. The molecule has 0 fully saturated rings. The summed E-state index contributed by atoms with van der Waals surface area (Å²) < 4.78 is 5.03. The van der Waals surface area contributed by atoms with Gasteiger partial charge in [0.25, 0.3) is 0 Å². The van der Waals surface area contributed by atoms with E-state index in [2.05, 4.69) is 10.2 Å². The fourth-order valence-electron chi connectivity index (χ4n) is 1.18. The van der Waals surface area contributed by atoms with E-state index in [1.807, 2.05) is 24.3 Å². The molecule has 0 aliphatic carbocycles. The van der Waals surface area contributed by atoms with Gasteiger partial charge in [-0.2, -0.15) is 0 Å². The molecule has 0 N–H and O–H groups in total. The fraction of sp³-hybridized carbons (Fsp3) is 0.100. The fourth-order valence-corrected chi connectivity index (χ4v) is 1.18. The van der Waals surface area contributed by atoms with E-state index >= 15 is 0 Å². The SMILES string of the molecule is O=CCc1ccc(-c2nnco2)cc1. The highest BCUT2D eigenvalue weighted by Crippen LogP contribution is 2.16. The van der Waals surface area contributed by atoms with E-state index in [0.29, 0.717) is 12.3 Å². The van der Waals surface area contributed by atoms with Gasteiger partial charge in [-0.15, -0.1) is 10.2 Å². The van der Waals surface area contributed by atoms with Crippen LogP contribution < -0.4 is 0 Å². The van der Waals surface area contributed by atoms with Crippen molar-refractivity contribution >= 4 is 6.29 Å². The van der Waals surface area contributed by atoms with Gasteiger partial charge in [0.15, 0.2) is 0 Å². The zero-order valence-corrected chi connectivity index (χ0v) is 7.38. The zero-order chi connectivity index (χ0) is 9.80. The maximum Gasteiger partial charge on any atom is 0.247 e. The van der Waals surface area contributed by atoms with Crippen LogP contribution in [-0.4, -0.2) is 16.5 Å². The third kappa shape index (κ3) is 1.69. The van der Waals surface area contributed by atoms with E-state index in [0.717, 1.165) is 17.4 Å². The average molecular weight is 188 g/mol. The molecule has 4 nitrogen and oxygen atoms in total. The van der Waals surface area contributed by atoms with Crippen LogP contribution in [0.3, 0.4) is 0 Å². The van der Waals surface area contributed by atoms with Crippen molar-refractivity contribution in [2.45, 2.75) is 6.42 Å². The number of carbonyl (C=O) groups is 1. The summed E-state index contributed by atoms with van der Waals surface area (Å²) in [4.78, 5) is 10.2. The van der Waals surface area contributed by atoms with Crippen LogP contribution in [-0.2, 0) is 11.2 Å². The standard InChI is InChI=1S/C10H8N2O2/c13-6-5-8-1-3-9(4-2-8)10-12-11-7-14-10/h1-4,6-7H,5H2. The van der Waals surface area contributed by atoms with Crippen molar-refractivity contribution in [2.75, 3.05) is 0 Å². The molecule has 0 aliphatic heterocycles. The molecule has 14 heavy (non-hydrogen) atoms. The van der Waals surface area contributed by atoms with Gasteiger partial charge in [-0.3, -0.25) is 0 Å². The summed E-state index contributed by atoms with van der Waals surface area (Å²) in [7, 11) is 0. The largest absolute Gasteiger partial charge is 0.423 e. The van der Waals surface area contributed by atoms with Crippen molar-refractivity contribution in [1.29, 1.82) is 0 Å². The van der Waals surface area contributed by atoms with Crippen LogP contribution >= 0.6 is 0 Å². The number of nitrogens with zero attached hydrogens (tertiary/aromatic N) is 2. The van der Waals surface area contributed by atoms with Crippen LogP contribution in [0.15, 0.2) is 35.1 Å². The highest BCUT2D eigenvalue weighted by atomic mass is 16.4. The van der Waals surface area contributed by atoms with Gasteiger partial charge in [-0.1, -0.05) is 12.1 Å². The van der Waals surface area contributed by atoms with Gasteiger partial charge in [-0.05, 0) is 17.7 Å². The first-order chi connectivity index (χ1) is 6.90. The van der Waals surface area contributed by atoms with Gasteiger partial charge in [0.1, 0.15) is 6.29 Å². The van der Waals surface area contributed by atoms with Crippen molar-refractivity contribution in [1.82, 2.24) is 10.2 Å². The van der Waals surface area contributed by atoms with Crippen LogP contribution in [0.1, 0.15) is 5.56 Å². The molecule has 1 heterocycles. The normalized spacial score (nSPS) is 10.0. The second kappa shape index (κ2) is 3.83. The lowest BCUT2D eigenvalue weighted by atomic mass is 10.1. The lowest BCUT2D eigenvalue weighted by Gasteiger charge is -1.96. The Morgan fingerprint density at radius 3 is 2.64 bits per heavy atom. The number of aromatic nitrogens is 2. The molecule has 2 aromatic rings. The molecule has 0 bridgehead atoms. The lowest BCUT2D eigenvalue weighted by Crippen LogP contribution is -1.85. The van der Waals surface area contributed by atoms with Crippen LogP contribution in [0.25, 0.3) is 11.5 Å². The van der Waals surface area contributed by atoms with Gasteiger partial charge in [0.2, 0.25) is 12.3 Å². The molecule has 0 saturated heterocycles. The van der Waals surface area contributed by atoms with Gasteiger partial charge in [0, 0.05) is 12.0 Å². The van der Waals surface area contributed by atoms with E-state index < -0.39 is 0 Å².